The molecule has 1 fully saturated rings. The Morgan fingerprint density at radius 2 is 2.36 bits per heavy atom. The van der Waals surface area contributed by atoms with Crippen LogP contribution in [0.15, 0.2) is 11.7 Å². The van der Waals surface area contributed by atoms with Crippen molar-refractivity contribution >= 4 is 11.3 Å². The summed E-state index contributed by atoms with van der Waals surface area (Å²) >= 11 is 1.64. The highest BCUT2D eigenvalue weighted by atomic mass is 32.1. The summed E-state index contributed by atoms with van der Waals surface area (Å²) in [5.41, 5.74) is 7.81. The maximum Gasteiger partial charge on any atom is 0.0830 e. The van der Waals surface area contributed by atoms with Crippen molar-refractivity contribution in [1.82, 2.24) is 4.98 Å². The van der Waals surface area contributed by atoms with Crippen LogP contribution in [0.4, 0.5) is 0 Å². The van der Waals surface area contributed by atoms with Crippen LogP contribution >= 0.6 is 11.3 Å². The number of hydrogen-bond donors (Lipinski definition) is 1. The first-order valence-electron chi connectivity index (χ1n) is 5.11. The van der Waals surface area contributed by atoms with Crippen molar-refractivity contribution < 1.29 is 4.74 Å². The third-order valence-corrected chi connectivity index (χ3v) is 3.43. The Hall–Kier alpha value is -0.450. The SMILES string of the molecule is NC1CCCCC1OCc1cncs1. The van der Waals surface area contributed by atoms with Crippen molar-refractivity contribution in [3.05, 3.63) is 16.6 Å². The van der Waals surface area contributed by atoms with Gasteiger partial charge in [0.05, 0.1) is 23.1 Å². The lowest BCUT2D eigenvalue weighted by Gasteiger charge is -2.28. The smallest absolute Gasteiger partial charge is 0.0830 e. The molecule has 2 N–H and O–H groups in total. The second kappa shape index (κ2) is 4.87. The van der Waals surface area contributed by atoms with E-state index in [-0.39, 0.29) is 12.1 Å². The fraction of sp³-hybridized carbons (Fsp3) is 0.700. The number of hydrogen-bond acceptors (Lipinski definition) is 4. The van der Waals surface area contributed by atoms with Crippen molar-refractivity contribution in [3.8, 4) is 0 Å². The number of aromatic nitrogens is 1. The number of nitrogens with zero attached hydrogens (tertiary/aromatic N) is 1. The molecule has 1 aliphatic rings. The quantitative estimate of drug-likeness (QED) is 0.832. The summed E-state index contributed by atoms with van der Waals surface area (Å²) in [5.74, 6) is 0. The van der Waals surface area contributed by atoms with E-state index >= 15 is 0 Å². The summed E-state index contributed by atoms with van der Waals surface area (Å²) in [7, 11) is 0. The van der Waals surface area contributed by atoms with Gasteiger partial charge in [0.25, 0.3) is 0 Å². The van der Waals surface area contributed by atoms with Gasteiger partial charge in [-0.25, -0.2) is 0 Å². The Morgan fingerprint density at radius 3 is 3.07 bits per heavy atom. The lowest BCUT2D eigenvalue weighted by molar-refractivity contribution is 0.00523. The Labute approximate surface area is 88.3 Å². The van der Waals surface area contributed by atoms with Gasteiger partial charge in [-0.3, -0.25) is 4.98 Å². The summed E-state index contributed by atoms with van der Waals surface area (Å²) < 4.78 is 5.78. The number of thiazole rings is 1. The average Bonchev–Trinajstić information content (AvgIpc) is 2.69. The molecule has 4 heteroatoms. The third kappa shape index (κ3) is 2.53. The van der Waals surface area contributed by atoms with Gasteiger partial charge in [0.1, 0.15) is 0 Å². The molecule has 0 spiro atoms. The first-order chi connectivity index (χ1) is 6.86. The topological polar surface area (TPSA) is 48.1 Å². The minimum atomic E-state index is 0.233. The predicted octanol–water partition coefficient (Wildman–Crippen LogP) is 1.93. The second-order valence-electron chi connectivity index (χ2n) is 3.77. The van der Waals surface area contributed by atoms with Gasteiger partial charge in [0.15, 0.2) is 0 Å². The van der Waals surface area contributed by atoms with E-state index in [1.54, 1.807) is 11.3 Å². The molecule has 0 aliphatic heterocycles. The number of ether oxygens (including phenoxy) is 1. The van der Waals surface area contributed by atoms with Crippen LogP contribution in [0.25, 0.3) is 0 Å². The largest absolute Gasteiger partial charge is 0.371 e. The Kier molecular flexibility index (Phi) is 3.50. The summed E-state index contributed by atoms with van der Waals surface area (Å²) in [6.07, 6.45) is 6.83. The summed E-state index contributed by atoms with van der Waals surface area (Å²) in [4.78, 5) is 5.20. The van der Waals surface area contributed by atoms with E-state index in [4.69, 9.17) is 10.5 Å². The molecule has 78 valence electrons. The minimum absolute atomic E-state index is 0.233. The number of nitrogens with two attached hydrogens (primary N) is 1. The highest BCUT2D eigenvalue weighted by Gasteiger charge is 2.22. The van der Waals surface area contributed by atoms with E-state index in [2.05, 4.69) is 4.98 Å². The first kappa shape index (κ1) is 10.1. The lowest BCUT2D eigenvalue weighted by atomic mass is 9.93. The molecule has 0 bridgehead atoms. The monoisotopic (exact) mass is 212 g/mol. The molecule has 1 aliphatic carbocycles. The van der Waals surface area contributed by atoms with Gasteiger partial charge >= 0.3 is 0 Å². The highest BCUT2D eigenvalue weighted by molar-refractivity contribution is 7.09. The molecular weight excluding hydrogens is 196 g/mol. The molecule has 1 heterocycles. The molecule has 0 aromatic carbocycles. The Balaban J connectivity index is 1.79. The van der Waals surface area contributed by atoms with Crippen LogP contribution in [0.1, 0.15) is 30.6 Å². The van der Waals surface area contributed by atoms with Crippen LogP contribution in [-0.2, 0) is 11.3 Å². The third-order valence-electron chi connectivity index (χ3n) is 2.68. The summed E-state index contributed by atoms with van der Waals surface area (Å²) in [6.45, 7) is 0.670. The van der Waals surface area contributed by atoms with E-state index in [0.29, 0.717) is 6.61 Å². The van der Waals surface area contributed by atoms with E-state index in [1.807, 2.05) is 11.7 Å². The van der Waals surface area contributed by atoms with E-state index < -0.39 is 0 Å². The molecule has 14 heavy (non-hydrogen) atoms. The molecule has 0 amide bonds. The van der Waals surface area contributed by atoms with Crippen molar-refractivity contribution in [1.29, 1.82) is 0 Å². The molecule has 0 saturated heterocycles. The van der Waals surface area contributed by atoms with Crippen LogP contribution in [-0.4, -0.2) is 17.1 Å². The maximum absolute atomic E-state index is 5.98. The van der Waals surface area contributed by atoms with Crippen LogP contribution in [0.3, 0.4) is 0 Å². The minimum Gasteiger partial charge on any atom is -0.371 e. The summed E-state index contributed by atoms with van der Waals surface area (Å²) in [5, 5.41) is 0. The van der Waals surface area contributed by atoms with Gasteiger partial charge in [-0.1, -0.05) is 12.8 Å². The first-order valence-corrected chi connectivity index (χ1v) is 5.99. The molecule has 0 radical (unpaired) electrons. The highest BCUT2D eigenvalue weighted by Crippen LogP contribution is 2.21. The molecule has 2 atom stereocenters. The Morgan fingerprint density at radius 1 is 1.50 bits per heavy atom. The lowest BCUT2D eigenvalue weighted by Crippen LogP contribution is -2.39. The average molecular weight is 212 g/mol. The van der Waals surface area contributed by atoms with Crippen LogP contribution in [0, 0.1) is 0 Å². The van der Waals surface area contributed by atoms with Crippen molar-refractivity contribution in [2.24, 2.45) is 5.73 Å². The zero-order chi connectivity index (χ0) is 9.80. The van der Waals surface area contributed by atoms with E-state index in [9.17, 15) is 0 Å². The summed E-state index contributed by atoms with van der Waals surface area (Å²) in [6, 6.07) is 0.233. The fourth-order valence-corrected chi connectivity index (χ4v) is 2.35. The van der Waals surface area contributed by atoms with E-state index in [1.165, 1.54) is 17.7 Å². The van der Waals surface area contributed by atoms with Gasteiger partial charge in [-0.15, -0.1) is 11.3 Å². The second-order valence-corrected chi connectivity index (χ2v) is 4.74. The van der Waals surface area contributed by atoms with Crippen molar-refractivity contribution in [2.45, 2.75) is 44.4 Å². The number of rotatable bonds is 3. The normalized spacial score (nSPS) is 27.8. The van der Waals surface area contributed by atoms with Gasteiger partial charge in [-0.2, -0.15) is 0 Å². The van der Waals surface area contributed by atoms with Crippen molar-refractivity contribution in [3.63, 3.8) is 0 Å². The molecule has 2 unspecified atom stereocenters. The standard InChI is InChI=1S/C10H16N2OS/c11-9-3-1-2-4-10(9)13-6-8-5-12-7-14-8/h5,7,9-10H,1-4,6,11H2. The zero-order valence-corrected chi connectivity index (χ0v) is 9.00. The molecule has 2 rings (SSSR count). The van der Waals surface area contributed by atoms with Crippen LogP contribution in [0.2, 0.25) is 0 Å². The van der Waals surface area contributed by atoms with Crippen LogP contribution < -0.4 is 5.73 Å². The maximum atomic E-state index is 5.98. The zero-order valence-electron chi connectivity index (χ0n) is 8.19. The van der Waals surface area contributed by atoms with Gasteiger partial charge < -0.3 is 10.5 Å². The van der Waals surface area contributed by atoms with E-state index in [0.717, 1.165) is 12.8 Å². The van der Waals surface area contributed by atoms with Gasteiger partial charge in [0.2, 0.25) is 0 Å². The van der Waals surface area contributed by atoms with Gasteiger partial charge in [-0.05, 0) is 12.8 Å². The predicted molar refractivity (Wildman–Crippen MR) is 57.1 cm³/mol. The van der Waals surface area contributed by atoms with Gasteiger partial charge in [0, 0.05) is 12.2 Å². The molecule has 1 saturated carbocycles. The fourth-order valence-electron chi connectivity index (χ4n) is 1.84. The molecule has 3 nitrogen and oxygen atoms in total. The van der Waals surface area contributed by atoms with Crippen LogP contribution in [0.5, 0.6) is 0 Å². The Bertz CT molecular complexity index is 263. The molecule has 1 aromatic heterocycles. The molecule has 1 aromatic rings. The molecular formula is C10H16N2OS. The van der Waals surface area contributed by atoms with Crippen molar-refractivity contribution in [2.75, 3.05) is 0 Å².